The number of piperazine rings is 1. The van der Waals surface area contributed by atoms with Crippen molar-refractivity contribution in [1.29, 1.82) is 0 Å². The van der Waals surface area contributed by atoms with Gasteiger partial charge < -0.3 is 4.90 Å². The van der Waals surface area contributed by atoms with Crippen molar-refractivity contribution in [2.24, 2.45) is 0 Å². The van der Waals surface area contributed by atoms with E-state index in [1.54, 1.807) is 0 Å². The second-order valence-electron chi connectivity index (χ2n) is 6.88. The fraction of sp³-hybridized carbons (Fsp3) is 0.333. The van der Waals surface area contributed by atoms with Crippen LogP contribution in [0.5, 0.6) is 0 Å². The molecule has 2 amide bonds. The third-order valence-corrected chi connectivity index (χ3v) is 5.74. The summed E-state index contributed by atoms with van der Waals surface area (Å²) in [6.45, 7) is 4.18. The molecule has 0 aliphatic carbocycles. The largest absolute Gasteiger partial charge is 0.369 e. The maximum Gasteiger partial charge on any atom is 0.248 e. The highest BCUT2D eigenvalue weighted by atomic mass is 32.2. The summed E-state index contributed by atoms with van der Waals surface area (Å²) in [5.74, 6) is -2.61. The highest BCUT2D eigenvalue weighted by Gasteiger charge is 2.17. The van der Waals surface area contributed by atoms with Crippen LogP contribution in [0.2, 0.25) is 0 Å². The number of nitrogens with zero attached hydrogens (tertiary/aromatic N) is 2. The molecule has 1 fully saturated rings. The Bertz CT molecular complexity index is 861. The Morgan fingerprint density at radius 2 is 1.60 bits per heavy atom. The average molecular weight is 435 g/mol. The molecule has 1 aliphatic heterocycles. The Balaban J connectivity index is 1.29. The first-order valence-electron chi connectivity index (χ1n) is 9.69. The van der Waals surface area contributed by atoms with Crippen LogP contribution in [0.25, 0.3) is 0 Å². The predicted octanol–water partition coefficient (Wildman–Crippen LogP) is 2.42. The molecular formula is C21H24F2N4O2S. The summed E-state index contributed by atoms with van der Waals surface area (Å²) in [5, 5.41) is 0. The normalized spacial score (nSPS) is 14.4. The van der Waals surface area contributed by atoms with Gasteiger partial charge in [0.25, 0.3) is 0 Å². The van der Waals surface area contributed by atoms with Crippen LogP contribution >= 0.6 is 11.8 Å². The molecular weight excluding hydrogens is 410 g/mol. The molecule has 0 saturated carbocycles. The molecule has 0 atom stereocenters. The minimum absolute atomic E-state index is 0.0210. The molecule has 2 aromatic carbocycles. The van der Waals surface area contributed by atoms with E-state index < -0.39 is 17.5 Å². The van der Waals surface area contributed by atoms with E-state index in [2.05, 4.69) is 32.8 Å². The number of nitrogens with one attached hydrogen (secondary N) is 2. The first kappa shape index (κ1) is 22.0. The number of hydrazine groups is 1. The van der Waals surface area contributed by atoms with Crippen molar-refractivity contribution in [3.05, 3.63) is 60.2 Å². The second-order valence-corrected chi connectivity index (χ2v) is 7.92. The van der Waals surface area contributed by atoms with E-state index >= 15 is 0 Å². The van der Waals surface area contributed by atoms with Gasteiger partial charge in [-0.15, -0.1) is 11.8 Å². The first-order valence-corrected chi connectivity index (χ1v) is 10.7. The van der Waals surface area contributed by atoms with Crippen LogP contribution in [0.15, 0.2) is 53.4 Å². The van der Waals surface area contributed by atoms with Gasteiger partial charge >= 0.3 is 0 Å². The molecule has 1 saturated heterocycles. The lowest BCUT2D eigenvalue weighted by Crippen LogP contribution is -2.48. The fourth-order valence-electron chi connectivity index (χ4n) is 3.08. The molecule has 0 radical (unpaired) electrons. The molecule has 9 heteroatoms. The zero-order chi connectivity index (χ0) is 21.3. The van der Waals surface area contributed by atoms with Crippen LogP contribution in [0.3, 0.4) is 0 Å². The molecule has 0 aromatic heterocycles. The van der Waals surface area contributed by atoms with Gasteiger partial charge in [-0.1, -0.05) is 18.2 Å². The summed E-state index contributed by atoms with van der Waals surface area (Å²) in [6.07, 6.45) is 0.280. The van der Waals surface area contributed by atoms with Crippen LogP contribution in [0, 0.1) is 11.6 Å². The Kier molecular flexibility index (Phi) is 8.04. The molecule has 0 bridgehead atoms. The quantitative estimate of drug-likeness (QED) is 0.518. The SMILES string of the molecule is O=C(CCN1CCN(c2ccccc2)CC1)NNC(=O)CSc1ccc(F)c(F)c1. The fourth-order valence-corrected chi connectivity index (χ4v) is 3.80. The number of para-hydroxylation sites is 1. The van der Waals surface area contributed by atoms with Crippen LogP contribution < -0.4 is 15.8 Å². The van der Waals surface area contributed by atoms with Crippen LogP contribution in [0.1, 0.15) is 6.42 Å². The third-order valence-electron chi connectivity index (χ3n) is 4.75. The number of carbonyl (C=O) groups is 2. The van der Waals surface area contributed by atoms with Gasteiger partial charge in [0.15, 0.2) is 11.6 Å². The number of benzene rings is 2. The lowest BCUT2D eigenvalue weighted by Gasteiger charge is -2.36. The Morgan fingerprint density at radius 1 is 0.900 bits per heavy atom. The number of hydrogen-bond acceptors (Lipinski definition) is 5. The van der Waals surface area contributed by atoms with Gasteiger partial charge in [0.05, 0.1) is 5.75 Å². The van der Waals surface area contributed by atoms with Gasteiger partial charge in [0.2, 0.25) is 11.8 Å². The predicted molar refractivity (Wildman–Crippen MR) is 113 cm³/mol. The van der Waals surface area contributed by atoms with E-state index in [0.717, 1.165) is 50.1 Å². The van der Waals surface area contributed by atoms with Crippen LogP contribution in [-0.4, -0.2) is 55.2 Å². The Labute approximate surface area is 178 Å². The minimum Gasteiger partial charge on any atom is -0.369 e. The van der Waals surface area contributed by atoms with Gasteiger partial charge in [-0.2, -0.15) is 0 Å². The first-order chi connectivity index (χ1) is 14.5. The van der Waals surface area contributed by atoms with Gasteiger partial charge in [-0.05, 0) is 30.3 Å². The summed E-state index contributed by atoms with van der Waals surface area (Å²) in [6, 6.07) is 13.7. The molecule has 2 N–H and O–H groups in total. The van der Waals surface area contributed by atoms with E-state index in [9.17, 15) is 18.4 Å². The standard InChI is InChI=1S/C21H24F2N4O2S/c22-18-7-6-17(14-19(18)23)30-15-21(29)25-24-20(28)8-9-26-10-12-27(13-11-26)16-4-2-1-3-5-16/h1-7,14H,8-13,15H2,(H,24,28)(H,25,29). The van der Waals surface area contributed by atoms with Crippen LogP contribution in [-0.2, 0) is 9.59 Å². The maximum atomic E-state index is 13.2. The van der Waals surface area contributed by atoms with E-state index in [1.165, 1.54) is 11.8 Å². The van der Waals surface area contributed by atoms with E-state index in [1.807, 2.05) is 18.2 Å². The highest BCUT2D eigenvalue weighted by Crippen LogP contribution is 2.20. The number of amides is 2. The molecule has 1 aliphatic rings. The smallest absolute Gasteiger partial charge is 0.248 e. The summed E-state index contributed by atoms with van der Waals surface area (Å²) in [5.41, 5.74) is 5.94. The number of rotatable bonds is 7. The Morgan fingerprint density at radius 3 is 2.30 bits per heavy atom. The number of hydrogen-bond donors (Lipinski definition) is 2. The summed E-state index contributed by atoms with van der Waals surface area (Å²) in [7, 11) is 0. The number of anilines is 1. The van der Waals surface area contributed by atoms with Crippen LogP contribution in [0.4, 0.5) is 14.5 Å². The number of halogens is 2. The van der Waals surface area contributed by atoms with Crippen molar-refractivity contribution in [3.8, 4) is 0 Å². The van der Waals surface area contributed by atoms with Gasteiger partial charge in [0.1, 0.15) is 0 Å². The zero-order valence-corrected chi connectivity index (χ0v) is 17.3. The average Bonchev–Trinajstić information content (AvgIpc) is 2.78. The molecule has 30 heavy (non-hydrogen) atoms. The van der Waals surface area contributed by atoms with Crippen molar-refractivity contribution in [2.75, 3.05) is 43.4 Å². The van der Waals surface area contributed by atoms with E-state index in [-0.39, 0.29) is 18.1 Å². The molecule has 160 valence electrons. The van der Waals surface area contributed by atoms with Crippen molar-refractivity contribution in [2.45, 2.75) is 11.3 Å². The summed E-state index contributed by atoms with van der Waals surface area (Å²) >= 11 is 1.05. The molecule has 2 aromatic rings. The minimum atomic E-state index is -0.960. The monoisotopic (exact) mass is 434 g/mol. The van der Waals surface area contributed by atoms with Crippen molar-refractivity contribution in [1.82, 2.24) is 15.8 Å². The molecule has 1 heterocycles. The lowest BCUT2D eigenvalue weighted by atomic mass is 10.2. The summed E-state index contributed by atoms with van der Waals surface area (Å²) < 4.78 is 26.0. The van der Waals surface area contributed by atoms with Gasteiger partial charge in [-0.3, -0.25) is 25.3 Å². The van der Waals surface area contributed by atoms with Crippen molar-refractivity contribution < 1.29 is 18.4 Å². The van der Waals surface area contributed by atoms with Gasteiger partial charge in [-0.25, -0.2) is 8.78 Å². The summed E-state index contributed by atoms with van der Waals surface area (Å²) in [4.78, 5) is 28.8. The third kappa shape index (κ3) is 6.70. The number of carbonyl (C=O) groups excluding carboxylic acids is 2. The second kappa shape index (κ2) is 10.9. The van der Waals surface area contributed by atoms with Crippen molar-refractivity contribution >= 4 is 29.3 Å². The molecule has 0 spiro atoms. The zero-order valence-electron chi connectivity index (χ0n) is 16.4. The highest BCUT2D eigenvalue weighted by molar-refractivity contribution is 8.00. The topological polar surface area (TPSA) is 64.7 Å². The maximum absolute atomic E-state index is 13.2. The van der Waals surface area contributed by atoms with Gasteiger partial charge in [0, 0.05) is 49.7 Å². The molecule has 3 rings (SSSR count). The lowest BCUT2D eigenvalue weighted by molar-refractivity contribution is -0.127. The number of thioether (sulfide) groups is 1. The van der Waals surface area contributed by atoms with E-state index in [0.29, 0.717) is 11.4 Å². The molecule has 6 nitrogen and oxygen atoms in total. The Hall–Kier alpha value is -2.65. The molecule has 0 unspecified atom stereocenters. The van der Waals surface area contributed by atoms with E-state index in [4.69, 9.17) is 0 Å². The van der Waals surface area contributed by atoms with Crippen molar-refractivity contribution in [3.63, 3.8) is 0 Å².